The van der Waals surface area contributed by atoms with Crippen LogP contribution in [0.3, 0.4) is 0 Å². The van der Waals surface area contributed by atoms with Crippen molar-refractivity contribution >= 4 is 43.8 Å². The van der Waals surface area contributed by atoms with Crippen molar-refractivity contribution in [3.63, 3.8) is 0 Å². The molecule has 23 heavy (non-hydrogen) atoms. The van der Waals surface area contributed by atoms with E-state index in [1.54, 1.807) is 27.5 Å². The molecule has 0 radical (unpaired) electrons. The molecule has 0 heterocycles. The van der Waals surface area contributed by atoms with Crippen LogP contribution < -0.4 is 19.6 Å². The Balaban J connectivity index is 2.21. The van der Waals surface area contributed by atoms with Gasteiger partial charge in [0, 0.05) is 5.56 Å². The van der Waals surface area contributed by atoms with Crippen molar-refractivity contribution in [2.45, 2.75) is 0 Å². The van der Waals surface area contributed by atoms with Crippen LogP contribution in [0.4, 0.5) is 5.69 Å². The molecule has 5 nitrogen and oxygen atoms in total. The second kappa shape index (κ2) is 8.21. The highest BCUT2D eigenvalue weighted by molar-refractivity contribution is 9.11. The molecule has 2 aromatic carbocycles. The van der Waals surface area contributed by atoms with E-state index >= 15 is 0 Å². The summed E-state index contributed by atoms with van der Waals surface area (Å²) in [6.07, 6.45) is 1.68. The number of halogens is 2. The van der Waals surface area contributed by atoms with E-state index in [0.717, 1.165) is 25.9 Å². The molecule has 0 fully saturated rings. The number of nitrogens with one attached hydrogen (secondary N) is 1. The quantitative estimate of drug-likeness (QED) is 0.520. The van der Waals surface area contributed by atoms with Crippen LogP contribution in [0, 0.1) is 0 Å². The van der Waals surface area contributed by atoms with Gasteiger partial charge in [0.2, 0.25) is 0 Å². The molecule has 0 aromatic heterocycles. The van der Waals surface area contributed by atoms with Crippen molar-refractivity contribution in [1.29, 1.82) is 0 Å². The fourth-order valence-corrected chi connectivity index (χ4v) is 3.57. The van der Waals surface area contributed by atoms with Gasteiger partial charge in [-0.15, -0.1) is 0 Å². The Hall–Kier alpha value is -1.73. The van der Waals surface area contributed by atoms with Crippen LogP contribution >= 0.6 is 31.9 Å². The highest BCUT2D eigenvalue weighted by Crippen LogP contribution is 2.42. The summed E-state index contributed by atoms with van der Waals surface area (Å²) in [5, 5.41) is 4.24. The number of rotatable bonds is 6. The molecule has 0 unspecified atom stereocenters. The summed E-state index contributed by atoms with van der Waals surface area (Å²) in [5.74, 6) is 2.11. The summed E-state index contributed by atoms with van der Waals surface area (Å²) >= 11 is 6.95. The first-order valence-corrected chi connectivity index (χ1v) is 8.22. The Kier molecular flexibility index (Phi) is 6.29. The van der Waals surface area contributed by atoms with Gasteiger partial charge >= 0.3 is 0 Å². The molecule has 0 saturated carbocycles. The fourth-order valence-electron chi connectivity index (χ4n) is 1.93. The predicted octanol–water partition coefficient (Wildman–Crippen LogP) is 4.68. The van der Waals surface area contributed by atoms with Gasteiger partial charge in [-0.05, 0) is 62.2 Å². The van der Waals surface area contributed by atoms with Gasteiger partial charge in [0.25, 0.3) is 0 Å². The number of nitrogens with zero attached hydrogens (tertiary/aromatic N) is 1. The SMILES string of the molecule is COc1ccc(N/N=C/c2cc(Br)c(OC)c(Br)c2OC)cc1. The minimum Gasteiger partial charge on any atom is -0.497 e. The van der Waals surface area contributed by atoms with Crippen LogP contribution in [0.15, 0.2) is 44.4 Å². The molecule has 0 atom stereocenters. The summed E-state index contributed by atoms with van der Waals surface area (Å²) < 4.78 is 17.4. The molecule has 1 N–H and O–H groups in total. The van der Waals surface area contributed by atoms with Gasteiger partial charge in [0.1, 0.15) is 16.0 Å². The molecule has 0 aliphatic rings. The molecule has 122 valence electrons. The van der Waals surface area contributed by atoms with E-state index in [0.29, 0.717) is 11.5 Å². The Bertz CT molecular complexity index is 703. The lowest BCUT2D eigenvalue weighted by Gasteiger charge is -2.13. The second-order valence-electron chi connectivity index (χ2n) is 4.43. The van der Waals surface area contributed by atoms with Crippen LogP contribution in [0.25, 0.3) is 0 Å². The maximum Gasteiger partial charge on any atom is 0.151 e. The van der Waals surface area contributed by atoms with Crippen LogP contribution in [-0.2, 0) is 0 Å². The zero-order valence-corrected chi connectivity index (χ0v) is 16.1. The van der Waals surface area contributed by atoms with Crippen molar-refractivity contribution in [3.8, 4) is 17.2 Å². The van der Waals surface area contributed by atoms with Crippen molar-refractivity contribution in [3.05, 3.63) is 44.8 Å². The second-order valence-corrected chi connectivity index (χ2v) is 6.07. The van der Waals surface area contributed by atoms with E-state index < -0.39 is 0 Å². The zero-order chi connectivity index (χ0) is 16.8. The largest absolute Gasteiger partial charge is 0.497 e. The molecule has 2 aromatic rings. The normalized spacial score (nSPS) is 10.7. The van der Waals surface area contributed by atoms with E-state index in [1.807, 2.05) is 30.3 Å². The summed E-state index contributed by atoms with van der Waals surface area (Å²) in [7, 11) is 4.83. The molecule has 7 heteroatoms. The monoisotopic (exact) mass is 442 g/mol. The molecule has 2 rings (SSSR count). The van der Waals surface area contributed by atoms with E-state index in [4.69, 9.17) is 14.2 Å². The standard InChI is InChI=1S/C16H16Br2N2O3/c1-21-12-6-4-11(5-7-12)20-19-9-10-8-13(17)16(23-3)14(18)15(10)22-2/h4-9,20H,1-3H3/b19-9+. The number of hydrogen-bond donors (Lipinski definition) is 1. The number of hydrogen-bond acceptors (Lipinski definition) is 5. The first-order valence-electron chi connectivity index (χ1n) is 6.63. The molecular formula is C16H16Br2N2O3. The van der Waals surface area contributed by atoms with E-state index in [2.05, 4.69) is 42.4 Å². The highest BCUT2D eigenvalue weighted by atomic mass is 79.9. The smallest absolute Gasteiger partial charge is 0.151 e. The summed E-state index contributed by atoms with van der Waals surface area (Å²) in [6.45, 7) is 0. The summed E-state index contributed by atoms with van der Waals surface area (Å²) in [6, 6.07) is 9.36. The predicted molar refractivity (Wildman–Crippen MR) is 99.2 cm³/mol. The Labute approximate surface area is 151 Å². The number of benzene rings is 2. The lowest BCUT2D eigenvalue weighted by Crippen LogP contribution is -1.98. The number of methoxy groups -OCH3 is 3. The van der Waals surface area contributed by atoms with Gasteiger partial charge < -0.3 is 14.2 Å². The summed E-state index contributed by atoms with van der Waals surface area (Å²) in [4.78, 5) is 0. The molecule has 0 aliphatic carbocycles. The van der Waals surface area contributed by atoms with Gasteiger partial charge in [-0.1, -0.05) is 0 Å². The molecule has 0 bridgehead atoms. The zero-order valence-electron chi connectivity index (χ0n) is 12.9. The minimum absolute atomic E-state index is 0.644. The van der Waals surface area contributed by atoms with Gasteiger partial charge in [0.05, 0.1) is 37.7 Å². The number of hydrazone groups is 1. The minimum atomic E-state index is 0.644. The highest BCUT2D eigenvalue weighted by Gasteiger charge is 2.15. The lowest BCUT2D eigenvalue weighted by molar-refractivity contribution is 0.387. The van der Waals surface area contributed by atoms with Gasteiger partial charge in [-0.2, -0.15) is 5.10 Å². The van der Waals surface area contributed by atoms with Crippen molar-refractivity contribution in [1.82, 2.24) is 0 Å². The average Bonchev–Trinajstić information content (AvgIpc) is 2.56. The fraction of sp³-hybridized carbons (Fsp3) is 0.188. The third kappa shape index (κ3) is 4.17. The molecule has 0 saturated heterocycles. The molecule has 0 spiro atoms. The van der Waals surface area contributed by atoms with Crippen molar-refractivity contribution < 1.29 is 14.2 Å². The molecule has 0 aliphatic heterocycles. The van der Waals surface area contributed by atoms with Crippen molar-refractivity contribution in [2.24, 2.45) is 5.10 Å². The Morgan fingerprint density at radius 1 is 0.957 bits per heavy atom. The van der Waals surface area contributed by atoms with Crippen LogP contribution in [0.5, 0.6) is 17.2 Å². The van der Waals surface area contributed by atoms with Crippen LogP contribution in [0.2, 0.25) is 0 Å². The molecule has 0 amide bonds. The van der Waals surface area contributed by atoms with E-state index in [9.17, 15) is 0 Å². The maximum atomic E-state index is 5.42. The van der Waals surface area contributed by atoms with Gasteiger partial charge in [-0.25, -0.2) is 0 Å². The van der Waals surface area contributed by atoms with E-state index in [-0.39, 0.29) is 0 Å². The van der Waals surface area contributed by atoms with Gasteiger partial charge in [-0.3, -0.25) is 5.43 Å². The van der Waals surface area contributed by atoms with Crippen LogP contribution in [-0.4, -0.2) is 27.5 Å². The maximum absolute atomic E-state index is 5.42. The Morgan fingerprint density at radius 2 is 1.61 bits per heavy atom. The Morgan fingerprint density at radius 3 is 2.17 bits per heavy atom. The number of ether oxygens (including phenoxy) is 3. The number of anilines is 1. The third-order valence-electron chi connectivity index (χ3n) is 3.06. The lowest BCUT2D eigenvalue weighted by atomic mass is 10.2. The third-order valence-corrected chi connectivity index (χ3v) is 4.36. The first-order chi connectivity index (χ1) is 11.1. The van der Waals surface area contributed by atoms with E-state index in [1.165, 1.54) is 0 Å². The van der Waals surface area contributed by atoms with Crippen molar-refractivity contribution in [2.75, 3.05) is 26.8 Å². The molecular weight excluding hydrogens is 428 g/mol. The summed E-state index contributed by atoms with van der Waals surface area (Å²) in [5.41, 5.74) is 4.61. The first kappa shape index (κ1) is 17.6. The topological polar surface area (TPSA) is 52.1 Å². The van der Waals surface area contributed by atoms with Gasteiger partial charge in [0.15, 0.2) is 5.75 Å². The average molecular weight is 444 g/mol. The van der Waals surface area contributed by atoms with Crippen LogP contribution in [0.1, 0.15) is 5.56 Å².